The van der Waals surface area contributed by atoms with Gasteiger partial charge in [-0.15, -0.1) is 6.58 Å². The summed E-state index contributed by atoms with van der Waals surface area (Å²) in [6.45, 7) is 5.60. The summed E-state index contributed by atoms with van der Waals surface area (Å²) >= 11 is 0. The Morgan fingerprint density at radius 3 is 2.24 bits per heavy atom. The SMILES string of the molecule is C=CCCC1CCC(C(=O)Oc2ccc3c(c2F)C(F)C(F)c2c-3ccc(CCC)c2F)CC1. The van der Waals surface area contributed by atoms with Gasteiger partial charge >= 0.3 is 5.97 Å². The second-order valence-corrected chi connectivity index (χ2v) is 9.40. The lowest BCUT2D eigenvalue weighted by Gasteiger charge is -2.29. The molecule has 0 aromatic heterocycles. The first kappa shape index (κ1) is 24.5. The highest BCUT2D eigenvalue weighted by Gasteiger charge is 2.40. The molecule has 0 heterocycles. The summed E-state index contributed by atoms with van der Waals surface area (Å²) in [5, 5.41) is 0. The van der Waals surface area contributed by atoms with Crippen LogP contribution in [0.1, 0.15) is 80.9 Å². The highest BCUT2D eigenvalue weighted by molar-refractivity contribution is 5.79. The van der Waals surface area contributed by atoms with Gasteiger partial charge in [0, 0.05) is 11.1 Å². The third-order valence-electron chi connectivity index (χ3n) is 7.19. The number of hydrogen-bond donors (Lipinski definition) is 0. The molecule has 1 saturated carbocycles. The summed E-state index contributed by atoms with van der Waals surface area (Å²) in [6, 6.07) is 5.67. The second-order valence-electron chi connectivity index (χ2n) is 9.40. The number of carbonyl (C=O) groups excluding carboxylic acids is 1. The number of rotatable bonds is 7. The van der Waals surface area contributed by atoms with Gasteiger partial charge in [0.2, 0.25) is 0 Å². The molecule has 2 aliphatic rings. The highest BCUT2D eigenvalue weighted by Crippen LogP contribution is 2.51. The molecule has 182 valence electrons. The number of aryl methyl sites for hydroxylation is 1. The van der Waals surface area contributed by atoms with E-state index in [1.54, 1.807) is 0 Å². The number of benzene rings is 2. The maximum Gasteiger partial charge on any atom is 0.314 e. The number of ether oxygens (including phenoxy) is 1. The number of esters is 1. The van der Waals surface area contributed by atoms with Crippen LogP contribution in [0.3, 0.4) is 0 Å². The van der Waals surface area contributed by atoms with Crippen LogP contribution in [0.2, 0.25) is 0 Å². The van der Waals surface area contributed by atoms with E-state index in [0.717, 1.165) is 25.7 Å². The van der Waals surface area contributed by atoms with Gasteiger partial charge in [0.1, 0.15) is 5.82 Å². The normalized spacial score (nSPS) is 23.7. The lowest BCUT2D eigenvalue weighted by molar-refractivity contribution is -0.140. The smallest absolute Gasteiger partial charge is 0.314 e. The maximum atomic E-state index is 15.3. The molecule has 0 bridgehead atoms. The summed E-state index contributed by atoms with van der Waals surface area (Å²) in [6.07, 6.45) is 3.25. The maximum absolute atomic E-state index is 15.3. The van der Waals surface area contributed by atoms with E-state index >= 15 is 13.2 Å². The lowest BCUT2D eigenvalue weighted by atomic mass is 9.80. The Labute approximate surface area is 198 Å². The van der Waals surface area contributed by atoms with Crippen LogP contribution in [-0.2, 0) is 11.2 Å². The van der Waals surface area contributed by atoms with E-state index in [9.17, 15) is 9.18 Å². The highest BCUT2D eigenvalue weighted by atomic mass is 19.2. The number of fused-ring (bicyclic) bond motifs is 3. The molecule has 0 N–H and O–H groups in total. The zero-order chi connectivity index (χ0) is 24.4. The minimum absolute atomic E-state index is 0.0818. The molecule has 6 heteroatoms. The number of halogens is 4. The molecule has 0 radical (unpaired) electrons. The molecule has 0 amide bonds. The van der Waals surface area contributed by atoms with Crippen LogP contribution in [0, 0.1) is 23.5 Å². The average molecular weight is 475 g/mol. The van der Waals surface area contributed by atoms with Crippen molar-refractivity contribution in [1.29, 1.82) is 0 Å². The van der Waals surface area contributed by atoms with Crippen molar-refractivity contribution < 1.29 is 27.1 Å². The van der Waals surface area contributed by atoms with E-state index in [4.69, 9.17) is 4.74 Å². The van der Waals surface area contributed by atoms with Gasteiger partial charge in [-0.2, -0.15) is 0 Å². The first-order valence-electron chi connectivity index (χ1n) is 12.1. The van der Waals surface area contributed by atoms with E-state index in [2.05, 4.69) is 6.58 Å². The standard InChI is InChI=1S/C28H30F4O2/c1-3-5-7-16-8-10-18(11-9-16)28(33)34-21-15-14-20-19-13-12-17(6-4-2)24(29)22(19)26(31)27(32)23(20)25(21)30/h3,12-16,18,26-27H,1,4-11H2,2H3. The second kappa shape index (κ2) is 10.3. The van der Waals surface area contributed by atoms with Crippen LogP contribution in [0.5, 0.6) is 5.75 Å². The Bertz CT molecular complexity index is 1070. The Morgan fingerprint density at radius 2 is 1.62 bits per heavy atom. The number of allylic oxidation sites excluding steroid dienone is 1. The van der Waals surface area contributed by atoms with E-state index in [-0.39, 0.29) is 22.6 Å². The van der Waals surface area contributed by atoms with Crippen LogP contribution >= 0.6 is 0 Å². The third kappa shape index (κ3) is 4.51. The topological polar surface area (TPSA) is 26.3 Å². The summed E-state index contributed by atoms with van der Waals surface area (Å²) in [5.41, 5.74) is -0.379. The number of carbonyl (C=O) groups is 1. The van der Waals surface area contributed by atoms with Gasteiger partial charge in [-0.3, -0.25) is 4.79 Å². The Hall–Kier alpha value is -2.63. The van der Waals surface area contributed by atoms with Crippen LogP contribution < -0.4 is 4.74 Å². The fraction of sp³-hybridized carbons (Fsp3) is 0.464. The van der Waals surface area contributed by atoms with Gasteiger partial charge in [0.15, 0.2) is 23.9 Å². The molecule has 0 aliphatic heterocycles. The molecule has 2 nitrogen and oxygen atoms in total. The molecule has 0 spiro atoms. The van der Waals surface area contributed by atoms with Crippen LogP contribution in [0.25, 0.3) is 11.1 Å². The molecular formula is C28H30F4O2. The van der Waals surface area contributed by atoms with Gasteiger partial charge in [0.05, 0.1) is 5.92 Å². The minimum Gasteiger partial charge on any atom is -0.423 e. The van der Waals surface area contributed by atoms with Crippen molar-refractivity contribution in [3.05, 3.63) is 65.2 Å². The predicted octanol–water partition coefficient (Wildman–Crippen LogP) is 8.30. The zero-order valence-electron chi connectivity index (χ0n) is 19.4. The monoisotopic (exact) mass is 474 g/mol. The third-order valence-corrected chi connectivity index (χ3v) is 7.19. The molecule has 4 rings (SSSR count). The van der Waals surface area contributed by atoms with Crippen molar-refractivity contribution in [2.45, 2.75) is 70.6 Å². The van der Waals surface area contributed by atoms with Crippen molar-refractivity contribution in [2.75, 3.05) is 0 Å². The summed E-state index contributed by atoms with van der Waals surface area (Å²) in [4.78, 5) is 12.7. The van der Waals surface area contributed by atoms with Gasteiger partial charge < -0.3 is 4.74 Å². The fourth-order valence-electron chi connectivity index (χ4n) is 5.29. The van der Waals surface area contributed by atoms with Crippen LogP contribution in [-0.4, -0.2) is 5.97 Å². The van der Waals surface area contributed by atoms with E-state index < -0.39 is 41.3 Å². The summed E-state index contributed by atoms with van der Waals surface area (Å²) < 4.78 is 65.7. The average Bonchev–Trinajstić information content (AvgIpc) is 2.84. The molecule has 2 aromatic rings. The van der Waals surface area contributed by atoms with Crippen molar-refractivity contribution >= 4 is 5.97 Å². The quantitative estimate of drug-likeness (QED) is 0.175. The van der Waals surface area contributed by atoms with Gasteiger partial charge in [0.25, 0.3) is 0 Å². The van der Waals surface area contributed by atoms with Crippen molar-refractivity contribution in [1.82, 2.24) is 0 Å². The molecule has 34 heavy (non-hydrogen) atoms. The van der Waals surface area contributed by atoms with Gasteiger partial charge in [-0.25, -0.2) is 17.6 Å². The zero-order valence-corrected chi connectivity index (χ0v) is 19.4. The van der Waals surface area contributed by atoms with E-state index in [1.165, 1.54) is 24.3 Å². The van der Waals surface area contributed by atoms with Crippen LogP contribution in [0.4, 0.5) is 17.6 Å². The molecule has 2 atom stereocenters. The molecule has 0 saturated heterocycles. The predicted molar refractivity (Wildman–Crippen MR) is 124 cm³/mol. The Balaban J connectivity index is 1.57. The lowest BCUT2D eigenvalue weighted by Crippen LogP contribution is -2.26. The van der Waals surface area contributed by atoms with Crippen molar-refractivity contribution in [3.63, 3.8) is 0 Å². The molecule has 2 unspecified atom stereocenters. The van der Waals surface area contributed by atoms with Crippen molar-refractivity contribution in [3.8, 4) is 16.9 Å². The van der Waals surface area contributed by atoms with E-state index in [1.807, 2.05) is 13.0 Å². The summed E-state index contributed by atoms with van der Waals surface area (Å²) in [5.74, 6) is -2.67. The van der Waals surface area contributed by atoms with Gasteiger partial charge in [-0.05, 0) is 73.6 Å². The molecular weight excluding hydrogens is 444 g/mol. The largest absolute Gasteiger partial charge is 0.423 e. The molecule has 2 aromatic carbocycles. The Kier molecular flexibility index (Phi) is 7.44. The fourth-order valence-corrected chi connectivity index (χ4v) is 5.29. The van der Waals surface area contributed by atoms with Crippen LogP contribution in [0.15, 0.2) is 36.9 Å². The van der Waals surface area contributed by atoms with E-state index in [0.29, 0.717) is 37.2 Å². The first-order valence-corrected chi connectivity index (χ1v) is 12.1. The van der Waals surface area contributed by atoms with Crippen molar-refractivity contribution in [2.24, 2.45) is 11.8 Å². The molecule has 1 fully saturated rings. The molecule has 2 aliphatic carbocycles. The number of alkyl halides is 2. The first-order chi connectivity index (χ1) is 16.4. The Morgan fingerprint density at radius 1 is 1.00 bits per heavy atom. The van der Waals surface area contributed by atoms with Gasteiger partial charge in [-0.1, -0.05) is 37.6 Å². The summed E-state index contributed by atoms with van der Waals surface area (Å²) in [7, 11) is 0. The number of hydrogen-bond acceptors (Lipinski definition) is 2. The minimum atomic E-state index is -2.40.